The van der Waals surface area contributed by atoms with Gasteiger partial charge in [0.15, 0.2) is 0 Å². The molecule has 1 aliphatic carbocycles. The molecule has 1 amide bonds. The van der Waals surface area contributed by atoms with E-state index >= 15 is 0 Å². The number of nitrogens with two attached hydrogens (primary N) is 1. The van der Waals surface area contributed by atoms with E-state index in [-0.39, 0.29) is 23.9 Å². The van der Waals surface area contributed by atoms with Gasteiger partial charge in [-0.15, -0.1) is 0 Å². The van der Waals surface area contributed by atoms with Crippen LogP contribution >= 0.6 is 0 Å². The molecule has 3 nitrogen and oxygen atoms in total. The number of hydrogen-bond donors (Lipinski definition) is 1. The number of nitrogens with zero attached hydrogens (tertiary/aromatic N) is 1. The Hall–Kier alpha value is -0.780. The Morgan fingerprint density at radius 3 is 2.21 bits per heavy atom. The van der Waals surface area contributed by atoms with E-state index in [0.29, 0.717) is 19.3 Å². The fourth-order valence-corrected chi connectivity index (χ4v) is 2.20. The quantitative estimate of drug-likeness (QED) is 0.841. The van der Waals surface area contributed by atoms with Crippen LogP contribution in [0.2, 0.25) is 0 Å². The number of hydrogen-bond acceptors (Lipinski definition) is 2. The number of carbonyl (C=O) groups excluding carboxylic acids is 1. The summed E-state index contributed by atoms with van der Waals surface area (Å²) >= 11 is 0. The van der Waals surface area contributed by atoms with Gasteiger partial charge >= 0.3 is 6.18 Å². The summed E-state index contributed by atoms with van der Waals surface area (Å²) < 4.78 is 37.3. The van der Waals surface area contributed by atoms with Gasteiger partial charge in [-0.2, -0.15) is 13.2 Å². The Balaban J connectivity index is 2.53. The molecule has 0 aromatic rings. The Labute approximate surface area is 112 Å². The standard InChI is InChI=1S/C13H23F3N2O/c1-12(2,3)7-9(17)6-11(19)18(10-4-5-10)8-13(14,15)16/h9-10H,4-8,17H2,1-3H3. The molecule has 6 heteroatoms. The van der Waals surface area contributed by atoms with Gasteiger partial charge in [-0.25, -0.2) is 0 Å². The summed E-state index contributed by atoms with van der Waals surface area (Å²) in [5.41, 5.74) is 5.82. The van der Waals surface area contributed by atoms with E-state index in [9.17, 15) is 18.0 Å². The molecule has 2 N–H and O–H groups in total. The van der Waals surface area contributed by atoms with Crippen LogP contribution in [0.15, 0.2) is 0 Å². The van der Waals surface area contributed by atoms with Crippen LogP contribution in [0.5, 0.6) is 0 Å². The van der Waals surface area contributed by atoms with Crippen molar-refractivity contribution in [2.45, 2.75) is 64.7 Å². The molecule has 0 radical (unpaired) electrons. The van der Waals surface area contributed by atoms with Crippen molar-refractivity contribution in [2.24, 2.45) is 11.1 Å². The van der Waals surface area contributed by atoms with Gasteiger partial charge in [-0.05, 0) is 24.7 Å². The first-order valence-corrected chi connectivity index (χ1v) is 6.60. The highest BCUT2D eigenvalue weighted by molar-refractivity contribution is 5.77. The highest BCUT2D eigenvalue weighted by Gasteiger charge is 2.40. The minimum absolute atomic E-state index is 0.0101. The van der Waals surface area contributed by atoms with Gasteiger partial charge in [-0.1, -0.05) is 20.8 Å². The number of amides is 1. The number of rotatable bonds is 5. The van der Waals surface area contributed by atoms with Crippen LogP contribution in [0.25, 0.3) is 0 Å². The summed E-state index contributed by atoms with van der Waals surface area (Å²) in [6.45, 7) is 4.82. The molecule has 1 saturated carbocycles. The van der Waals surface area contributed by atoms with E-state index in [4.69, 9.17) is 5.73 Å². The van der Waals surface area contributed by atoms with Crippen LogP contribution in [-0.2, 0) is 4.79 Å². The second kappa shape index (κ2) is 5.69. The highest BCUT2D eigenvalue weighted by atomic mass is 19.4. The molecule has 0 saturated heterocycles. The molecule has 19 heavy (non-hydrogen) atoms. The van der Waals surface area contributed by atoms with Gasteiger partial charge in [0.1, 0.15) is 6.54 Å². The van der Waals surface area contributed by atoms with Crippen LogP contribution in [0.1, 0.15) is 46.5 Å². The summed E-state index contributed by atoms with van der Waals surface area (Å²) in [5, 5.41) is 0. The average molecular weight is 280 g/mol. The third kappa shape index (κ3) is 6.80. The lowest BCUT2D eigenvalue weighted by atomic mass is 9.87. The lowest BCUT2D eigenvalue weighted by Gasteiger charge is -2.27. The Morgan fingerprint density at radius 1 is 1.32 bits per heavy atom. The lowest BCUT2D eigenvalue weighted by Crippen LogP contribution is -2.43. The van der Waals surface area contributed by atoms with Crippen molar-refractivity contribution in [2.75, 3.05) is 6.54 Å². The van der Waals surface area contributed by atoms with E-state index in [1.807, 2.05) is 20.8 Å². The van der Waals surface area contributed by atoms with Crippen molar-refractivity contribution >= 4 is 5.91 Å². The molecule has 112 valence electrons. The van der Waals surface area contributed by atoms with Gasteiger partial charge in [0, 0.05) is 18.5 Å². The predicted molar refractivity (Wildman–Crippen MR) is 67.5 cm³/mol. The summed E-state index contributed by atoms with van der Waals surface area (Å²) in [6, 6.07) is -0.627. The zero-order valence-electron chi connectivity index (χ0n) is 11.8. The fourth-order valence-electron chi connectivity index (χ4n) is 2.20. The highest BCUT2D eigenvalue weighted by Crippen LogP contribution is 2.31. The van der Waals surface area contributed by atoms with E-state index in [2.05, 4.69) is 0 Å². The van der Waals surface area contributed by atoms with Crippen LogP contribution in [0.4, 0.5) is 13.2 Å². The molecule has 1 fully saturated rings. The molecular formula is C13H23F3N2O. The van der Waals surface area contributed by atoms with Gasteiger partial charge < -0.3 is 10.6 Å². The second-order valence-electron chi connectivity index (χ2n) is 6.60. The molecule has 0 aliphatic heterocycles. The SMILES string of the molecule is CC(C)(C)CC(N)CC(=O)N(CC(F)(F)F)C1CC1. The first-order valence-electron chi connectivity index (χ1n) is 6.60. The average Bonchev–Trinajstić information content (AvgIpc) is 2.91. The number of carbonyl (C=O) groups is 1. The molecule has 1 aliphatic rings. The van der Waals surface area contributed by atoms with Crippen molar-refractivity contribution in [1.29, 1.82) is 0 Å². The van der Waals surface area contributed by atoms with Gasteiger partial charge in [-0.3, -0.25) is 4.79 Å². The van der Waals surface area contributed by atoms with Crippen molar-refractivity contribution < 1.29 is 18.0 Å². The van der Waals surface area contributed by atoms with Crippen LogP contribution in [0, 0.1) is 5.41 Å². The van der Waals surface area contributed by atoms with E-state index in [0.717, 1.165) is 4.90 Å². The van der Waals surface area contributed by atoms with Crippen molar-refractivity contribution in [3.63, 3.8) is 0 Å². The zero-order chi connectivity index (χ0) is 14.8. The molecule has 1 rings (SSSR count). The molecule has 0 aromatic heterocycles. The molecule has 0 bridgehead atoms. The van der Waals surface area contributed by atoms with Gasteiger partial charge in [0.05, 0.1) is 0 Å². The van der Waals surface area contributed by atoms with Gasteiger partial charge in [0.25, 0.3) is 0 Å². The summed E-state index contributed by atoms with van der Waals surface area (Å²) in [5.74, 6) is -0.475. The minimum Gasteiger partial charge on any atom is -0.331 e. The Bertz CT molecular complexity index is 319. The first kappa shape index (κ1) is 16.3. The fraction of sp³-hybridized carbons (Fsp3) is 0.923. The summed E-state index contributed by atoms with van der Waals surface area (Å²) in [6.07, 6.45) is -2.41. The summed E-state index contributed by atoms with van der Waals surface area (Å²) in [7, 11) is 0. The minimum atomic E-state index is -4.34. The molecule has 0 heterocycles. The van der Waals surface area contributed by atoms with Crippen molar-refractivity contribution in [3.8, 4) is 0 Å². The van der Waals surface area contributed by atoms with Crippen LogP contribution < -0.4 is 5.73 Å². The Morgan fingerprint density at radius 2 is 1.84 bits per heavy atom. The topological polar surface area (TPSA) is 46.3 Å². The molecule has 0 aromatic carbocycles. The third-order valence-corrected chi connectivity index (χ3v) is 2.97. The van der Waals surface area contributed by atoms with E-state index in [1.165, 1.54) is 0 Å². The maximum absolute atomic E-state index is 12.4. The predicted octanol–water partition coefficient (Wildman–Crippen LogP) is 2.69. The lowest BCUT2D eigenvalue weighted by molar-refractivity contribution is -0.162. The van der Waals surface area contributed by atoms with Gasteiger partial charge in [0.2, 0.25) is 5.91 Å². The van der Waals surface area contributed by atoms with E-state index in [1.54, 1.807) is 0 Å². The molecule has 1 unspecified atom stereocenters. The van der Waals surface area contributed by atoms with Crippen LogP contribution in [-0.4, -0.2) is 35.6 Å². The molecule has 0 spiro atoms. The number of halogens is 3. The normalized spacial score (nSPS) is 18.3. The maximum Gasteiger partial charge on any atom is 0.406 e. The third-order valence-electron chi connectivity index (χ3n) is 2.97. The monoisotopic (exact) mass is 280 g/mol. The molecule has 1 atom stereocenters. The summed E-state index contributed by atoms with van der Waals surface area (Å²) in [4.78, 5) is 12.9. The second-order valence-corrected chi connectivity index (χ2v) is 6.60. The Kier molecular flexibility index (Phi) is 4.87. The zero-order valence-corrected chi connectivity index (χ0v) is 11.8. The smallest absolute Gasteiger partial charge is 0.331 e. The number of alkyl halides is 3. The van der Waals surface area contributed by atoms with E-state index < -0.39 is 18.6 Å². The maximum atomic E-state index is 12.4. The first-order chi connectivity index (χ1) is 8.48. The largest absolute Gasteiger partial charge is 0.406 e. The molecular weight excluding hydrogens is 257 g/mol. The van der Waals surface area contributed by atoms with Crippen LogP contribution in [0.3, 0.4) is 0 Å². The van der Waals surface area contributed by atoms with Crippen molar-refractivity contribution in [3.05, 3.63) is 0 Å². The van der Waals surface area contributed by atoms with Crippen molar-refractivity contribution in [1.82, 2.24) is 4.90 Å².